The van der Waals surface area contributed by atoms with Crippen LogP contribution in [0.15, 0.2) is 47.4 Å². The Kier molecular flexibility index (Phi) is 6.66. The molecule has 158 valence electrons. The lowest BCUT2D eigenvalue weighted by Crippen LogP contribution is -2.43. The molecule has 9 heteroatoms. The van der Waals surface area contributed by atoms with Gasteiger partial charge < -0.3 is 10.2 Å². The molecule has 2 N–H and O–H groups in total. The molecule has 2 aromatic carbocycles. The number of sulfonamides is 1. The molecular weight excluding hydrogens is 424 g/mol. The van der Waals surface area contributed by atoms with Gasteiger partial charge in [-0.15, -0.1) is 0 Å². The molecule has 2 atom stereocenters. The number of hydrogen-bond donors (Lipinski definition) is 2. The van der Waals surface area contributed by atoms with Gasteiger partial charge in [0, 0.05) is 6.54 Å². The van der Waals surface area contributed by atoms with E-state index in [0.717, 1.165) is 16.8 Å². The van der Waals surface area contributed by atoms with Gasteiger partial charge in [0.05, 0.1) is 21.7 Å². The first-order valence-electron chi connectivity index (χ1n) is 9.51. The Hall–Kier alpha value is -2.60. The van der Waals surface area contributed by atoms with E-state index in [9.17, 15) is 13.2 Å². The van der Waals surface area contributed by atoms with Crippen LogP contribution in [0.3, 0.4) is 0 Å². The minimum absolute atomic E-state index is 0.0345. The lowest BCUT2D eigenvalue weighted by Gasteiger charge is -2.27. The van der Waals surface area contributed by atoms with Crippen molar-refractivity contribution in [2.45, 2.75) is 24.3 Å². The fourth-order valence-electron chi connectivity index (χ4n) is 3.66. The highest BCUT2D eigenvalue weighted by molar-refractivity contribution is 7.89. The van der Waals surface area contributed by atoms with E-state index in [1.165, 1.54) is 7.05 Å². The van der Waals surface area contributed by atoms with E-state index in [1.807, 2.05) is 23.1 Å². The van der Waals surface area contributed by atoms with E-state index in [-0.39, 0.29) is 17.3 Å². The van der Waals surface area contributed by atoms with E-state index in [2.05, 4.69) is 17.0 Å². The van der Waals surface area contributed by atoms with E-state index in [4.69, 9.17) is 16.9 Å². The molecule has 7 nitrogen and oxygen atoms in total. The van der Waals surface area contributed by atoms with Gasteiger partial charge in [-0.3, -0.25) is 4.79 Å². The van der Waals surface area contributed by atoms with Gasteiger partial charge in [0.2, 0.25) is 15.9 Å². The maximum Gasteiger partial charge on any atom is 0.243 e. The van der Waals surface area contributed by atoms with Gasteiger partial charge in [-0.2, -0.15) is 5.26 Å². The van der Waals surface area contributed by atoms with Crippen LogP contribution in [0.2, 0.25) is 5.02 Å². The molecule has 0 radical (unpaired) electrons. The first-order valence-corrected chi connectivity index (χ1v) is 11.4. The maximum atomic E-state index is 12.5. The number of nitriles is 1. The van der Waals surface area contributed by atoms with Gasteiger partial charge in [-0.1, -0.05) is 36.7 Å². The molecule has 3 rings (SSSR count). The van der Waals surface area contributed by atoms with E-state index >= 15 is 0 Å². The SMILES string of the molecule is CNS(=O)(=O)c1ccc(-c2ccc(Cl)c(N3C[C@@H](C)C[C@H]3C(=O)NCC#N)c2)cc1. The number of hydrogen-bond acceptors (Lipinski definition) is 5. The van der Waals surface area contributed by atoms with Crippen LogP contribution in [0.4, 0.5) is 5.69 Å². The summed E-state index contributed by atoms with van der Waals surface area (Å²) in [6, 6.07) is 13.6. The summed E-state index contributed by atoms with van der Waals surface area (Å²) in [5.74, 6) is 0.109. The molecule has 0 aliphatic carbocycles. The van der Waals surface area contributed by atoms with Crippen molar-refractivity contribution < 1.29 is 13.2 Å². The summed E-state index contributed by atoms with van der Waals surface area (Å²) < 4.78 is 26.2. The second-order valence-electron chi connectivity index (χ2n) is 7.28. The minimum Gasteiger partial charge on any atom is -0.358 e. The summed E-state index contributed by atoms with van der Waals surface area (Å²) in [5.41, 5.74) is 2.43. The number of halogens is 1. The smallest absolute Gasteiger partial charge is 0.243 e. The Morgan fingerprint density at radius 1 is 1.23 bits per heavy atom. The van der Waals surface area contributed by atoms with E-state index in [0.29, 0.717) is 23.9 Å². The fourth-order valence-corrected chi connectivity index (χ4v) is 4.62. The molecule has 0 unspecified atom stereocenters. The second kappa shape index (κ2) is 9.04. The molecule has 1 saturated heterocycles. The Morgan fingerprint density at radius 2 is 1.90 bits per heavy atom. The molecule has 1 aliphatic heterocycles. The molecule has 1 aliphatic rings. The topological polar surface area (TPSA) is 102 Å². The van der Waals surface area contributed by atoms with Crippen LogP contribution in [0.25, 0.3) is 11.1 Å². The Labute approximate surface area is 181 Å². The van der Waals surface area contributed by atoms with Gasteiger partial charge in [-0.25, -0.2) is 13.1 Å². The van der Waals surface area contributed by atoms with Crippen LogP contribution >= 0.6 is 11.6 Å². The zero-order chi connectivity index (χ0) is 21.9. The van der Waals surface area contributed by atoms with Crippen molar-refractivity contribution in [3.63, 3.8) is 0 Å². The van der Waals surface area contributed by atoms with Crippen LogP contribution in [0, 0.1) is 17.2 Å². The van der Waals surface area contributed by atoms with Crippen molar-refractivity contribution in [1.82, 2.24) is 10.0 Å². The normalized spacial score (nSPS) is 18.8. The van der Waals surface area contributed by atoms with Crippen LogP contribution in [-0.2, 0) is 14.8 Å². The maximum absolute atomic E-state index is 12.5. The van der Waals surface area contributed by atoms with Crippen LogP contribution in [-0.4, -0.2) is 40.5 Å². The molecule has 1 amide bonds. The zero-order valence-corrected chi connectivity index (χ0v) is 18.3. The molecule has 0 aromatic heterocycles. The molecule has 1 fully saturated rings. The fraction of sp³-hybridized carbons (Fsp3) is 0.333. The van der Waals surface area contributed by atoms with E-state index in [1.54, 1.807) is 30.3 Å². The van der Waals surface area contributed by atoms with Crippen molar-refractivity contribution >= 4 is 33.2 Å². The highest BCUT2D eigenvalue weighted by Crippen LogP contribution is 2.37. The number of nitrogens with one attached hydrogen (secondary N) is 2. The van der Waals surface area contributed by atoms with Gasteiger partial charge in [-0.05, 0) is 54.8 Å². The van der Waals surface area contributed by atoms with Gasteiger partial charge in [0.25, 0.3) is 0 Å². The van der Waals surface area contributed by atoms with Crippen molar-refractivity contribution in [2.24, 2.45) is 5.92 Å². The number of carbonyl (C=O) groups excluding carboxylic acids is 1. The third-order valence-corrected chi connectivity index (χ3v) is 6.93. The lowest BCUT2D eigenvalue weighted by molar-refractivity contribution is -0.122. The van der Waals surface area contributed by atoms with Gasteiger partial charge >= 0.3 is 0 Å². The lowest BCUT2D eigenvalue weighted by atomic mass is 10.0. The number of benzene rings is 2. The van der Waals surface area contributed by atoms with Crippen LogP contribution in [0.1, 0.15) is 13.3 Å². The first-order chi connectivity index (χ1) is 14.3. The van der Waals surface area contributed by atoms with Crippen LogP contribution in [0.5, 0.6) is 0 Å². The van der Waals surface area contributed by atoms with Gasteiger partial charge in [0.15, 0.2) is 0 Å². The third kappa shape index (κ3) is 4.59. The average molecular weight is 447 g/mol. The number of amides is 1. The summed E-state index contributed by atoms with van der Waals surface area (Å²) >= 11 is 6.48. The molecule has 0 bridgehead atoms. The van der Waals surface area contributed by atoms with E-state index < -0.39 is 16.1 Å². The number of carbonyl (C=O) groups is 1. The van der Waals surface area contributed by atoms with Gasteiger partial charge in [0.1, 0.15) is 12.6 Å². The molecule has 0 saturated carbocycles. The molecule has 1 heterocycles. The Bertz CT molecular complexity index is 1080. The summed E-state index contributed by atoms with van der Waals surface area (Å²) in [6.07, 6.45) is 0.675. The second-order valence-corrected chi connectivity index (χ2v) is 9.58. The number of rotatable bonds is 6. The predicted octanol–water partition coefficient (Wildman–Crippen LogP) is 2.77. The van der Waals surface area contributed by atoms with Crippen molar-refractivity contribution in [2.75, 3.05) is 25.0 Å². The van der Waals surface area contributed by atoms with Crippen molar-refractivity contribution in [3.05, 3.63) is 47.5 Å². The van der Waals surface area contributed by atoms with Crippen LogP contribution < -0.4 is 14.9 Å². The predicted molar refractivity (Wildman–Crippen MR) is 117 cm³/mol. The molecule has 0 spiro atoms. The minimum atomic E-state index is -3.50. The zero-order valence-electron chi connectivity index (χ0n) is 16.7. The quantitative estimate of drug-likeness (QED) is 0.664. The first kappa shape index (κ1) is 22.1. The van der Waals surface area contributed by atoms with Crippen molar-refractivity contribution in [1.29, 1.82) is 5.26 Å². The highest BCUT2D eigenvalue weighted by Gasteiger charge is 2.35. The third-order valence-electron chi connectivity index (χ3n) is 5.18. The Morgan fingerprint density at radius 3 is 2.53 bits per heavy atom. The molecular formula is C21H23ClN4O3S. The number of anilines is 1. The molecule has 2 aromatic rings. The summed E-state index contributed by atoms with van der Waals surface area (Å²) in [4.78, 5) is 14.7. The summed E-state index contributed by atoms with van der Waals surface area (Å²) in [7, 11) is -2.13. The largest absolute Gasteiger partial charge is 0.358 e. The van der Waals surface area contributed by atoms with Crippen molar-refractivity contribution in [3.8, 4) is 17.2 Å². The summed E-state index contributed by atoms with van der Waals surface area (Å²) in [5, 5.41) is 11.9. The molecule has 30 heavy (non-hydrogen) atoms. The monoisotopic (exact) mass is 446 g/mol. The average Bonchev–Trinajstić information content (AvgIpc) is 3.14. The summed E-state index contributed by atoms with van der Waals surface area (Å²) in [6.45, 7) is 2.71. The highest BCUT2D eigenvalue weighted by atomic mass is 35.5. The standard InChI is InChI=1S/C21H23ClN4O3S/c1-14-11-20(21(27)25-10-9-23)26(13-14)19-12-16(5-8-18(19)22)15-3-6-17(7-4-15)30(28,29)24-2/h3-8,12,14,20,24H,10-11,13H2,1-2H3,(H,25,27)/t14-,20-/m0/s1. The number of nitrogens with zero attached hydrogens (tertiary/aromatic N) is 2. The Balaban J connectivity index is 1.93.